The van der Waals surface area contributed by atoms with Crippen LogP contribution in [0.2, 0.25) is 0 Å². The zero-order valence-corrected chi connectivity index (χ0v) is 13.6. The molecule has 0 spiro atoms. The predicted molar refractivity (Wildman–Crippen MR) is 84.1 cm³/mol. The Labute approximate surface area is 129 Å². The Morgan fingerprint density at radius 1 is 1.29 bits per heavy atom. The summed E-state index contributed by atoms with van der Waals surface area (Å²) in [6, 6.07) is 5.54. The summed E-state index contributed by atoms with van der Waals surface area (Å²) in [6.45, 7) is 0.451. The molecule has 1 aromatic carbocycles. The number of nitrogens with zero attached hydrogens (tertiary/aromatic N) is 2. The van der Waals surface area contributed by atoms with Crippen LogP contribution >= 0.6 is 11.3 Å². The van der Waals surface area contributed by atoms with Crippen molar-refractivity contribution in [1.82, 2.24) is 9.29 Å². The fourth-order valence-electron chi connectivity index (χ4n) is 2.64. The number of aromatic nitrogens is 1. The summed E-state index contributed by atoms with van der Waals surface area (Å²) in [7, 11) is -1.77. The van der Waals surface area contributed by atoms with Crippen molar-refractivity contribution in [3.63, 3.8) is 0 Å². The van der Waals surface area contributed by atoms with Crippen molar-refractivity contribution < 1.29 is 8.42 Å². The van der Waals surface area contributed by atoms with Gasteiger partial charge < -0.3 is 0 Å². The standard InChI is InChI=1S/C15H18N2O2S2/c1-17(9-7-15-16-8-10-20-15)21(18,19)14-6-5-12-3-2-4-13(12)11-14/h5-6,8,10-11H,2-4,7,9H2,1H3. The molecule has 0 saturated carbocycles. The van der Waals surface area contributed by atoms with Gasteiger partial charge in [0.2, 0.25) is 10.0 Å². The van der Waals surface area contributed by atoms with Crippen molar-refractivity contribution in [3.8, 4) is 0 Å². The second kappa shape index (κ2) is 5.87. The van der Waals surface area contributed by atoms with Crippen molar-refractivity contribution in [2.24, 2.45) is 0 Å². The minimum absolute atomic E-state index is 0.407. The van der Waals surface area contributed by atoms with Gasteiger partial charge in [0.05, 0.1) is 9.90 Å². The van der Waals surface area contributed by atoms with E-state index in [2.05, 4.69) is 4.98 Å². The van der Waals surface area contributed by atoms with Crippen LogP contribution in [0.1, 0.15) is 22.6 Å². The van der Waals surface area contributed by atoms with Gasteiger partial charge in [-0.1, -0.05) is 6.07 Å². The normalized spacial score (nSPS) is 14.6. The lowest BCUT2D eigenvalue weighted by Gasteiger charge is -2.17. The molecule has 1 aliphatic carbocycles. The van der Waals surface area contributed by atoms with Gasteiger partial charge in [0.25, 0.3) is 0 Å². The summed E-state index contributed by atoms with van der Waals surface area (Å²) in [4.78, 5) is 4.59. The molecule has 3 rings (SSSR count). The van der Waals surface area contributed by atoms with E-state index in [0.717, 1.165) is 24.3 Å². The Kier molecular flexibility index (Phi) is 4.10. The van der Waals surface area contributed by atoms with E-state index in [1.165, 1.54) is 15.4 Å². The maximum atomic E-state index is 12.6. The summed E-state index contributed by atoms with van der Waals surface area (Å²) in [6.07, 6.45) is 5.57. The molecule has 0 unspecified atom stereocenters. The van der Waals surface area contributed by atoms with Crippen molar-refractivity contribution >= 4 is 21.4 Å². The molecule has 1 aromatic heterocycles. The molecule has 6 heteroatoms. The van der Waals surface area contributed by atoms with Crippen LogP contribution in [0.5, 0.6) is 0 Å². The van der Waals surface area contributed by atoms with E-state index in [9.17, 15) is 8.42 Å². The molecule has 1 aliphatic rings. The topological polar surface area (TPSA) is 50.3 Å². The Morgan fingerprint density at radius 3 is 2.86 bits per heavy atom. The van der Waals surface area contributed by atoms with E-state index >= 15 is 0 Å². The molecule has 0 saturated heterocycles. The van der Waals surface area contributed by atoms with Gasteiger partial charge in [-0.3, -0.25) is 0 Å². The molecular weight excluding hydrogens is 304 g/mol. The molecule has 0 atom stereocenters. The molecule has 2 aromatic rings. The van der Waals surface area contributed by atoms with Crippen LogP contribution in [0.15, 0.2) is 34.7 Å². The fourth-order valence-corrected chi connectivity index (χ4v) is 4.47. The maximum Gasteiger partial charge on any atom is 0.242 e. The summed E-state index contributed by atoms with van der Waals surface area (Å²) < 4.78 is 26.6. The van der Waals surface area contributed by atoms with Crippen LogP contribution in [0.25, 0.3) is 0 Å². The van der Waals surface area contributed by atoms with Crippen LogP contribution < -0.4 is 0 Å². The average molecular weight is 322 g/mol. The number of rotatable bonds is 5. The summed E-state index contributed by atoms with van der Waals surface area (Å²) in [5.74, 6) is 0. The first-order valence-electron chi connectivity index (χ1n) is 7.04. The smallest absolute Gasteiger partial charge is 0.242 e. The van der Waals surface area contributed by atoms with E-state index in [-0.39, 0.29) is 0 Å². The minimum atomic E-state index is -3.40. The Balaban J connectivity index is 1.76. The van der Waals surface area contributed by atoms with Gasteiger partial charge >= 0.3 is 0 Å². The number of benzene rings is 1. The monoisotopic (exact) mass is 322 g/mol. The second-order valence-electron chi connectivity index (χ2n) is 5.29. The Morgan fingerprint density at radius 2 is 2.10 bits per heavy atom. The predicted octanol–water partition coefficient (Wildman–Crippen LogP) is 2.50. The highest BCUT2D eigenvalue weighted by atomic mass is 32.2. The third-order valence-corrected chi connectivity index (χ3v) is 6.59. The van der Waals surface area contributed by atoms with Crippen molar-refractivity contribution in [1.29, 1.82) is 0 Å². The molecule has 112 valence electrons. The molecule has 4 nitrogen and oxygen atoms in total. The van der Waals surface area contributed by atoms with E-state index in [0.29, 0.717) is 17.9 Å². The molecule has 21 heavy (non-hydrogen) atoms. The van der Waals surface area contributed by atoms with Crippen LogP contribution in [0, 0.1) is 0 Å². The first-order chi connectivity index (χ1) is 10.1. The number of likely N-dealkylation sites (N-methyl/N-ethyl adjacent to an activating group) is 1. The van der Waals surface area contributed by atoms with E-state index in [4.69, 9.17) is 0 Å². The largest absolute Gasteiger partial charge is 0.250 e. The van der Waals surface area contributed by atoms with E-state index < -0.39 is 10.0 Å². The molecule has 0 N–H and O–H groups in total. The highest BCUT2D eigenvalue weighted by molar-refractivity contribution is 7.89. The molecular formula is C15H18N2O2S2. The van der Waals surface area contributed by atoms with Gasteiger partial charge in [-0.2, -0.15) is 0 Å². The molecule has 1 heterocycles. The molecule has 0 bridgehead atoms. The van der Waals surface area contributed by atoms with Gasteiger partial charge in [-0.25, -0.2) is 17.7 Å². The van der Waals surface area contributed by atoms with Gasteiger partial charge in [-0.05, 0) is 42.5 Å². The highest BCUT2D eigenvalue weighted by Gasteiger charge is 2.22. The first kappa shape index (κ1) is 14.7. The average Bonchev–Trinajstić information content (AvgIpc) is 3.14. The van der Waals surface area contributed by atoms with Crippen molar-refractivity contribution in [2.45, 2.75) is 30.6 Å². The lowest BCUT2D eigenvalue weighted by Crippen LogP contribution is -2.29. The lowest BCUT2D eigenvalue weighted by atomic mass is 10.1. The zero-order chi connectivity index (χ0) is 14.9. The number of hydrogen-bond donors (Lipinski definition) is 0. The minimum Gasteiger partial charge on any atom is -0.250 e. The van der Waals surface area contributed by atoms with Gasteiger partial charge in [0, 0.05) is 31.6 Å². The van der Waals surface area contributed by atoms with Gasteiger partial charge in [0.15, 0.2) is 0 Å². The van der Waals surface area contributed by atoms with Crippen LogP contribution in [0.4, 0.5) is 0 Å². The SMILES string of the molecule is CN(CCc1nccs1)S(=O)(=O)c1ccc2c(c1)CCC2. The van der Waals surface area contributed by atoms with Gasteiger partial charge in [0.1, 0.15) is 0 Å². The van der Waals surface area contributed by atoms with Crippen LogP contribution in [0.3, 0.4) is 0 Å². The number of fused-ring (bicyclic) bond motifs is 1. The molecule has 0 aliphatic heterocycles. The summed E-state index contributed by atoms with van der Waals surface area (Å²) in [5, 5.41) is 2.87. The summed E-state index contributed by atoms with van der Waals surface area (Å²) in [5.41, 5.74) is 2.48. The summed E-state index contributed by atoms with van der Waals surface area (Å²) >= 11 is 1.56. The van der Waals surface area contributed by atoms with Crippen LogP contribution in [-0.4, -0.2) is 31.3 Å². The molecule has 0 amide bonds. The molecule has 0 radical (unpaired) electrons. The number of thiazole rings is 1. The van der Waals surface area contributed by atoms with Crippen LogP contribution in [-0.2, 0) is 29.3 Å². The fraction of sp³-hybridized carbons (Fsp3) is 0.400. The van der Waals surface area contributed by atoms with E-state index in [1.807, 2.05) is 17.5 Å². The third-order valence-electron chi connectivity index (χ3n) is 3.90. The zero-order valence-electron chi connectivity index (χ0n) is 11.9. The lowest BCUT2D eigenvalue weighted by molar-refractivity contribution is 0.472. The maximum absolute atomic E-state index is 12.6. The number of sulfonamides is 1. The molecule has 0 fully saturated rings. The Bertz CT molecular complexity index is 724. The third kappa shape index (κ3) is 3.02. The quantitative estimate of drug-likeness (QED) is 0.850. The van der Waals surface area contributed by atoms with Crippen molar-refractivity contribution in [2.75, 3.05) is 13.6 Å². The van der Waals surface area contributed by atoms with E-state index in [1.54, 1.807) is 30.6 Å². The first-order valence-corrected chi connectivity index (χ1v) is 9.36. The Hall–Kier alpha value is -1.24. The highest BCUT2D eigenvalue weighted by Crippen LogP contribution is 2.26. The number of aryl methyl sites for hydroxylation is 2. The van der Waals surface area contributed by atoms with Crippen molar-refractivity contribution in [3.05, 3.63) is 45.9 Å². The second-order valence-corrected chi connectivity index (χ2v) is 8.31. The number of hydrogen-bond acceptors (Lipinski definition) is 4. The van der Waals surface area contributed by atoms with Gasteiger partial charge in [-0.15, -0.1) is 11.3 Å².